The third-order valence-corrected chi connectivity index (χ3v) is 2.68. The van der Waals surface area contributed by atoms with Gasteiger partial charge in [0.15, 0.2) is 0 Å². The Morgan fingerprint density at radius 2 is 2.24 bits per heavy atom. The van der Waals surface area contributed by atoms with Crippen LogP contribution >= 0.6 is 0 Å². The number of nitrogens with zero attached hydrogens (tertiary/aromatic N) is 4. The summed E-state index contributed by atoms with van der Waals surface area (Å²) in [5.41, 5.74) is 8.26. The van der Waals surface area contributed by atoms with E-state index in [0.29, 0.717) is 11.5 Å². The number of fused-ring (bicyclic) bond motifs is 1. The lowest BCUT2D eigenvalue weighted by Crippen LogP contribution is -2.19. The van der Waals surface area contributed by atoms with Crippen LogP contribution in [0.2, 0.25) is 0 Å². The molecule has 2 rings (SSSR count). The Labute approximate surface area is 100 Å². The minimum atomic E-state index is 0.497. The number of likely N-dealkylation sites (N-methyl/N-ethyl adjacent to an activating group) is 1. The second-order valence-electron chi connectivity index (χ2n) is 4.24. The largest absolute Gasteiger partial charge is 0.369 e. The number of anilines is 1. The van der Waals surface area contributed by atoms with Gasteiger partial charge in [0.25, 0.3) is 0 Å². The Kier molecular flexibility index (Phi) is 2.98. The third kappa shape index (κ3) is 2.22. The van der Waals surface area contributed by atoms with E-state index in [2.05, 4.69) is 16.0 Å². The average molecular weight is 229 g/mol. The van der Waals surface area contributed by atoms with Crippen LogP contribution in [-0.4, -0.2) is 35.1 Å². The van der Waals surface area contributed by atoms with Gasteiger partial charge in [-0.2, -0.15) is 5.26 Å². The minimum absolute atomic E-state index is 0.497. The first-order valence-corrected chi connectivity index (χ1v) is 5.42. The van der Waals surface area contributed by atoms with Crippen LogP contribution in [0.15, 0.2) is 18.2 Å². The Bertz CT molecular complexity index is 576. The van der Waals surface area contributed by atoms with Crippen molar-refractivity contribution in [2.75, 3.05) is 26.4 Å². The average Bonchev–Trinajstić information content (AvgIpc) is 2.61. The summed E-state index contributed by atoms with van der Waals surface area (Å²) in [5, 5.41) is 8.89. The van der Waals surface area contributed by atoms with E-state index in [1.165, 1.54) is 0 Å². The van der Waals surface area contributed by atoms with Crippen molar-refractivity contribution >= 4 is 17.0 Å². The van der Waals surface area contributed by atoms with Crippen LogP contribution in [0.25, 0.3) is 11.0 Å². The molecule has 5 nitrogen and oxygen atoms in total. The number of nitrogen functional groups attached to an aromatic ring is 1. The quantitative estimate of drug-likeness (QED) is 0.854. The molecule has 0 aliphatic rings. The molecule has 88 valence electrons. The first kappa shape index (κ1) is 11.4. The second-order valence-corrected chi connectivity index (χ2v) is 4.24. The van der Waals surface area contributed by atoms with Gasteiger partial charge in [-0.05, 0) is 32.3 Å². The first-order valence-electron chi connectivity index (χ1n) is 5.42. The molecule has 0 atom stereocenters. The minimum Gasteiger partial charge on any atom is -0.369 e. The van der Waals surface area contributed by atoms with Crippen LogP contribution in [0, 0.1) is 11.3 Å². The summed E-state index contributed by atoms with van der Waals surface area (Å²) in [5.74, 6) is 0.497. The molecule has 0 amide bonds. The molecule has 0 saturated carbocycles. The predicted molar refractivity (Wildman–Crippen MR) is 67.4 cm³/mol. The molecule has 0 fully saturated rings. The number of imidazole rings is 1. The summed E-state index contributed by atoms with van der Waals surface area (Å²) < 4.78 is 1.94. The molecule has 1 aromatic carbocycles. The van der Waals surface area contributed by atoms with Gasteiger partial charge >= 0.3 is 0 Å². The Morgan fingerprint density at radius 1 is 1.47 bits per heavy atom. The fourth-order valence-corrected chi connectivity index (χ4v) is 1.75. The van der Waals surface area contributed by atoms with Gasteiger partial charge in [-0.25, -0.2) is 4.98 Å². The van der Waals surface area contributed by atoms with E-state index in [4.69, 9.17) is 11.0 Å². The zero-order valence-corrected chi connectivity index (χ0v) is 10.0. The first-order chi connectivity index (χ1) is 8.11. The van der Waals surface area contributed by atoms with Crippen molar-refractivity contribution in [3.63, 3.8) is 0 Å². The van der Waals surface area contributed by atoms with Crippen molar-refractivity contribution < 1.29 is 0 Å². The molecule has 0 aliphatic heterocycles. The van der Waals surface area contributed by atoms with Gasteiger partial charge in [0.05, 0.1) is 22.7 Å². The van der Waals surface area contributed by atoms with Gasteiger partial charge in [-0.3, -0.25) is 0 Å². The van der Waals surface area contributed by atoms with E-state index in [-0.39, 0.29) is 0 Å². The van der Waals surface area contributed by atoms with E-state index in [9.17, 15) is 0 Å². The topological polar surface area (TPSA) is 70.9 Å². The van der Waals surface area contributed by atoms with Crippen molar-refractivity contribution in [1.29, 1.82) is 5.26 Å². The van der Waals surface area contributed by atoms with Gasteiger partial charge in [0.2, 0.25) is 5.95 Å². The SMILES string of the molecule is CN(C)CCn1c(N)nc2ccc(C#N)cc21. The molecule has 0 aliphatic carbocycles. The third-order valence-electron chi connectivity index (χ3n) is 2.68. The monoisotopic (exact) mass is 229 g/mol. The number of hydrogen-bond donors (Lipinski definition) is 1. The van der Waals surface area contributed by atoms with Crippen LogP contribution in [0.1, 0.15) is 5.56 Å². The summed E-state index contributed by atoms with van der Waals surface area (Å²) >= 11 is 0. The molecule has 1 aromatic heterocycles. The summed E-state index contributed by atoms with van der Waals surface area (Å²) in [4.78, 5) is 6.36. The van der Waals surface area contributed by atoms with Crippen molar-refractivity contribution in [2.24, 2.45) is 0 Å². The normalized spacial score (nSPS) is 10.9. The highest BCUT2D eigenvalue weighted by molar-refractivity contribution is 5.79. The van der Waals surface area contributed by atoms with Crippen LogP contribution < -0.4 is 5.73 Å². The van der Waals surface area contributed by atoms with Gasteiger partial charge in [0.1, 0.15) is 0 Å². The van der Waals surface area contributed by atoms with Crippen LogP contribution in [0.5, 0.6) is 0 Å². The molecule has 2 N–H and O–H groups in total. The summed E-state index contributed by atoms with van der Waals surface area (Å²) in [6, 6.07) is 7.54. The molecule has 0 unspecified atom stereocenters. The predicted octanol–water partition coefficient (Wildman–Crippen LogP) is 1.05. The van der Waals surface area contributed by atoms with Crippen LogP contribution in [0.4, 0.5) is 5.95 Å². The van der Waals surface area contributed by atoms with Crippen molar-refractivity contribution in [3.05, 3.63) is 23.8 Å². The molecular formula is C12H15N5. The van der Waals surface area contributed by atoms with Crippen molar-refractivity contribution in [3.8, 4) is 6.07 Å². The van der Waals surface area contributed by atoms with Gasteiger partial charge in [-0.15, -0.1) is 0 Å². The number of hydrogen-bond acceptors (Lipinski definition) is 4. The maximum Gasteiger partial charge on any atom is 0.201 e. The highest BCUT2D eigenvalue weighted by Crippen LogP contribution is 2.19. The molecular weight excluding hydrogens is 214 g/mol. The number of aromatic nitrogens is 2. The molecule has 0 saturated heterocycles. The molecule has 1 heterocycles. The Morgan fingerprint density at radius 3 is 2.88 bits per heavy atom. The number of nitriles is 1. The van der Waals surface area contributed by atoms with Gasteiger partial charge in [-0.1, -0.05) is 0 Å². The maximum absolute atomic E-state index is 8.89. The Balaban J connectivity index is 2.46. The van der Waals surface area contributed by atoms with Gasteiger partial charge < -0.3 is 15.2 Å². The fraction of sp³-hybridized carbons (Fsp3) is 0.333. The van der Waals surface area contributed by atoms with E-state index in [1.54, 1.807) is 6.07 Å². The molecule has 5 heteroatoms. The summed E-state index contributed by atoms with van der Waals surface area (Å²) in [6.45, 7) is 1.65. The number of benzene rings is 1. The van der Waals surface area contributed by atoms with Gasteiger partial charge in [0, 0.05) is 13.1 Å². The van der Waals surface area contributed by atoms with E-state index < -0.39 is 0 Å². The molecule has 17 heavy (non-hydrogen) atoms. The van der Waals surface area contributed by atoms with E-state index in [1.807, 2.05) is 30.8 Å². The zero-order valence-electron chi connectivity index (χ0n) is 10.0. The highest BCUT2D eigenvalue weighted by Gasteiger charge is 2.08. The lowest BCUT2D eigenvalue weighted by molar-refractivity contribution is 0.387. The van der Waals surface area contributed by atoms with Crippen molar-refractivity contribution in [2.45, 2.75) is 6.54 Å². The number of nitrogens with two attached hydrogens (primary N) is 1. The Hall–Kier alpha value is -2.06. The molecule has 0 radical (unpaired) electrons. The fourth-order valence-electron chi connectivity index (χ4n) is 1.75. The number of rotatable bonds is 3. The lowest BCUT2D eigenvalue weighted by Gasteiger charge is -2.11. The smallest absolute Gasteiger partial charge is 0.201 e. The molecule has 0 bridgehead atoms. The summed E-state index contributed by atoms with van der Waals surface area (Å²) in [7, 11) is 4.02. The molecule has 2 aromatic rings. The summed E-state index contributed by atoms with van der Waals surface area (Å²) in [6.07, 6.45) is 0. The second kappa shape index (κ2) is 4.44. The zero-order chi connectivity index (χ0) is 12.4. The standard InChI is InChI=1S/C12H15N5/c1-16(2)5-6-17-11-7-9(8-13)3-4-10(11)15-12(17)14/h3-4,7H,5-6H2,1-2H3,(H2,14,15). The highest BCUT2D eigenvalue weighted by atomic mass is 15.2. The maximum atomic E-state index is 8.89. The molecule has 0 spiro atoms. The van der Waals surface area contributed by atoms with E-state index >= 15 is 0 Å². The lowest BCUT2D eigenvalue weighted by atomic mass is 10.2. The van der Waals surface area contributed by atoms with Crippen LogP contribution in [0.3, 0.4) is 0 Å². The van der Waals surface area contributed by atoms with E-state index in [0.717, 1.165) is 24.1 Å². The van der Waals surface area contributed by atoms with Crippen LogP contribution in [-0.2, 0) is 6.54 Å². The van der Waals surface area contributed by atoms with Crippen molar-refractivity contribution in [1.82, 2.24) is 14.5 Å².